The van der Waals surface area contributed by atoms with Gasteiger partial charge in [0.25, 0.3) is 5.69 Å². The van der Waals surface area contributed by atoms with E-state index in [0.717, 1.165) is 6.07 Å². The van der Waals surface area contributed by atoms with E-state index in [1.165, 1.54) is 6.07 Å². The van der Waals surface area contributed by atoms with Gasteiger partial charge < -0.3 is 10.0 Å². The van der Waals surface area contributed by atoms with Crippen molar-refractivity contribution in [3.8, 4) is 0 Å². The molecule has 20 heavy (non-hydrogen) atoms. The molecule has 0 aromatic heterocycles. The van der Waals surface area contributed by atoms with Gasteiger partial charge in [0, 0.05) is 13.1 Å². The van der Waals surface area contributed by atoms with Crippen LogP contribution in [0.4, 0.5) is 15.8 Å². The number of aliphatic carboxylic acids is 1. The molecule has 1 saturated heterocycles. The summed E-state index contributed by atoms with van der Waals surface area (Å²) in [6.07, 6.45) is 1.17. The van der Waals surface area contributed by atoms with E-state index in [1.807, 2.05) is 0 Å². The lowest BCUT2D eigenvalue weighted by molar-refractivity contribution is -0.384. The predicted molar refractivity (Wildman–Crippen MR) is 73.3 cm³/mol. The molecule has 6 nitrogen and oxygen atoms in total. The molecular formula is C12H12BrFN2O4. The van der Waals surface area contributed by atoms with E-state index in [0.29, 0.717) is 19.4 Å². The predicted octanol–water partition coefficient (Wildman–Crippen LogP) is 2.80. The van der Waals surface area contributed by atoms with Gasteiger partial charge in [-0.2, -0.15) is 0 Å². The molecule has 1 unspecified atom stereocenters. The van der Waals surface area contributed by atoms with Crippen molar-refractivity contribution in [3.63, 3.8) is 0 Å². The van der Waals surface area contributed by atoms with E-state index in [1.54, 1.807) is 4.90 Å². The second kappa shape index (κ2) is 5.74. The number of carboxylic acid groups (broad SMARTS) is 1. The Balaban J connectivity index is 2.38. The Hall–Kier alpha value is -1.70. The van der Waals surface area contributed by atoms with E-state index in [9.17, 15) is 19.3 Å². The number of halogens is 2. The molecule has 0 amide bonds. The summed E-state index contributed by atoms with van der Waals surface area (Å²) in [5, 5.41) is 20.1. The second-order valence-electron chi connectivity index (χ2n) is 4.64. The number of carbonyl (C=O) groups is 1. The van der Waals surface area contributed by atoms with Gasteiger partial charge in [0.15, 0.2) is 0 Å². The molecule has 0 saturated carbocycles. The highest BCUT2D eigenvalue weighted by Gasteiger charge is 2.30. The maximum absolute atomic E-state index is 13.4. The first-order chi connectivity index (χ1) is 9.40. The number of piperidine rings is 1. The molecule has 8 heteroatoms. The lowest BCUT2D eigenvalue weighted by Gasteiger charge is -2.32. The second-order valence-corrected chi connectivity index (χ2v) is 5.49. The van der Waals surface area contributed by atoms with Gasteiger partial charge in [-0.1, -0.05) is 0 Å². The number of benzene rings is 1. The summed E-state index contributed by atoms with van der Waals surface area (Å²) in [6, 6.07) is 2.18. The third-order valence-electron chi connectivity index (χ3n) is 3.33. The molecule has 1 aliphatic heterocycles. The van der Waals surface area contributed by atoms with E-state index < -0.39 is 22.6 Å². The number of hydrogen-bond acceptors (Lipinski definition) is 4. The highest BCUT2D eigenvalue weighted by atomic mass is 79.9. The van der Waals surface area contributed by atoms with Crippen LogP contribution >= 0.6 is 15.9 Å². The lowest BCUT2D eigenvalue weighted by Crippen LogP contribution is -2.39. The van der Waals surface area contributed by atoms with Crippen LogP contribution in [0, 0.1) is 21.8 Å². The zero-order valence-electron chi connectivity index (χ0n) is 10.4. The van der Waals surface area contributed by atoms with Crippen LogP contribution in [-0.4, -0.2) is 29.1 Å². The van der Waals surface area contributed by atoms with Crippen LogP contribution in [-0.2, 0) is 4.79 Å². The van der Waals surface area contributed by atoms with Gasteiger partial charge in [-0.3, -0.25) is 14.9 Å². The SMILES string of the molecule is O=C(O)C1CCCN(c2cc(Br)c(F)cc2[N+](=O)[O-])C1. The topological polar surface area (TPSA) is 83.7 Å². The molecular weight excluding hydrogens is 335 g/mol. The molecule has 0 bridgehead atoms. The quantitative estimate of drug-likeness (QED) is 0.671. The average Bonchev–Trinajstić information content (AvgIpc) is 2.41. The summed E-state index contributed by atoms with van der Waals surface area (Å²) in [4.78, 5) is 23.0. The summed E-state index contributed by atoms with van der Waals surface area (Å²) >= 11 is 3.00. The number of nitrogens with zero attached hydrogens (tertiary/aromatic N) is 2. The Kier molecular flexibility index (Phi) is 4.22. The highest BCUT2D eigenvalue weighted by molar-refractivity contribution is 9.10. The van der Waals surface area contributed by atoms with Crippen molar-refractivity contribution in [2.45, 2.75) is 12.8 Å². The first kappa shape index (κ1) is 14.7. The highest BCUT2D eigenvalue weighted by Crippen LogP contribution is 2.35. The van der Waals surface area contributed by atoms with Gasteiger partial charge in [0.05, 0.1) is 21.4 Å². The number of nitro groups is 1. The number of rotatable bonds is 3. The maximum atomic E-state index is 13.4. The Morgan fingerprint density at radius 3 is 2.85 bits per heavy atom. The number of nitro benzene ring substituents is 1. The van der Waals surface area contributed by atoms with Crippen LogP contribution in [0.15, 0.2) is 16.6 Å². The molecule has 108 valence electrons. The van der Waals surface area contributed by atoms with Crippen molar-refractivity contribution < 1.29 is 19.2 Å². The van der Waals surface area contributed by atoms with Gasteiger partial charge in [0.1, 0.15) is 11.5 Å². The number of hydrogen-bond donors (Lipinski definition) is 1. The number of carboxylic acids is 1. The molecule has 0 radical (unpaired) electrons. The molecule has 0 aliphatic carbocycles. The van der Waals surface area contributed by atoms with Crippen LogP contribution in [0.3, 0.4) is 0 Å². The fourth-order valence-corrected chi connectivity index (χ4v) is 2.65. The molecule has 1 fully saturated rings. The van der Waals surface area contributed by atoms with Crippen molar-refractivity contribution in [1.82, 2.24) is 0 Å². The zero-order chi connectivity index (χ0) is 14.9. The Morgan fingerprint density at radius 1 is 1.55 bits per heavy atom. The van der Waals surface area contributed by atoms with Crippen molar-refractivity contribution >= 4 is 33.3 Å². The van der Waals surface area contributed by atoms with Gasteiger partial charge in [0.2, 0.25) is 0 Å². The normalized spacial score (nSPS) is 18.9. The van der Waals surface area contributed by atoms with Crippen molar-refractivity contribution in [2.75, 3.05) is 18.0 Å². The van der Waals surface area contributed by atoms with Crippen LogP contribution < -0.4 is 4.90 Å². The summed E-state index contributed by atoms with van der Waals surface area (Å²) < 4.78 is 13.5. The summed E-state index contributed by atoms with van der Waals surface area (Å²) in [5.74, 6) is -2.20. The Labute approximate surface area is 122 Å². The minimum absolute atomic E-state index is 0.121. The molecule has 1 atom stereocenters. The van der Waals surface area contributed by atoms with Gasteiger partial charge >= 0.3 is 5.97 Å². The van der Waals surface area contributed by atoms with Crippen molar-refractivity contribution in [3.05, 3.63) is 32.5 Å². The minimum Gasteiger partial charge on any atom is -0.481 e. The first-order valence-electron chi connectivity index (χ1n) is 6.01. The fraction of sp³-hybridized carbons (Fsp3) is 0.417. The largest absolute Gasteiger partial charge is 0.481 e. The van der Waals surface area contributed by atoms with E-state index in [4.69, 9.17) is 5.11 Å². The smallest absolute Gasteiger partial charge is 0.308 e. The van der Waals surface area contributed by atoms with Crippen LogP contribution in [0.2, 0.25) is 0 Å². The molecule has 1 heterocycles. The minimum atomic E-state index is -0.918. The Morgan fingerprint density at radius 2 is 2.25 bits per heavy atom. The Bertz CT molecular complexity index is 567. The van der Waals surface area contributed by atoms with Crippen LogP contribution in [0.5, 0.6) is 0 Å². The summed E-state index contributed by atoms with van der Waals surface area (Å²) in [6.45, 7) is 0.705. The molecule has 2 rings (SSSR count). The lowest BCUT2D eigenvalue weighted by atomic mass is 9.97. The van der Waals surface area contributed by atoms with Gasteiger partial charge in [-0.05, 0) is 34.8 Å². The number of anilines is 1. The molecule has 1 aromatic carbocycles. The molecule has 1 N–H and O–H groups in total. The standard InChI is InChI=1S/C12H12BrFN2O4/c13-8-4-10(11(16(19)20)5-9(8)14)15-3-1-2-7(6-15)12(17)18/h4-5,7H,1-3,6H2,(H,17,18). The van der Waals surface area contributed by atoms with E-state index in [2.05, 4.69) is 15.9 Å². The monoisotopic (exact) mass is 346 g/mol. The molecule has 1 aromatic rings. The average molecular weight is 347 g/mol. The molecule has 1 aliphatic rings. The van der Waals surface area contributed by atoms with Crippen molar-refractivity contribution in [1.29, 1.82) is 0 Å². The third-order valence-corrected chi connectivity index (χ3v) is 3.93. The third kappa shape index (κ3) is 2.90. The van der Waals surface area contributed by atoms with Crippen LogP contribution in [0.1, 0.15) is 12.8 Å². The van der Waals surface area contributed by atoms with Crippen molar-refractivity contribution in [2.24, 2.45) is 5.92 Å². The fourth-order valence-electron chi connectivity index (χ4n) is 2.32. The van der Waals surface area contributed by atoms with Crippen LogP contribution in [0.25, 0.3) is 0 Å². The summed E-state index contributed by atoms with van der Waals surface area (Å²) in [5.41, 5.74) is -0.106. The van der Waals surface area contributed by atoms with E-state index >= 15 is 0 Å². The summed E-state index contributed by atoms with van der Waals surface area (Å²) in [7, 11) is 0. The van der Waals surface area contributed by atoms with Gasteiger partial charge in [-0.25, -0.2) is 4.39 Å². The maximum Gasteiger partial charge on any atom is 0.308 e. The van der Waals surface area contributed by atoms with Gasteiger partial charge in [-0.15, -0.1) is 0 Å². The van der Waals surface area contributed by atoms with E-state index in [-0.39, 0.29) is 22.4 Å². The first-order valence-corrected chi connectivity index (χ1v) is 6.80. The molecule has 0 spiro atoms. The zero-order valence-corrected chi connectivity index (χ0v) is 12.0.